The summed E-state index contributed by atoms with van der Waals surface area (Å²) in [4.78, 5) is 0. The van der Waals surface area contributed by atoms with Gasteiger partial charge in [0.2, 0.25) is 0 Å². The molecule has 10 heavy (non-hydrogen) atoms. The van der Waals surface area contributed by atoms with Crippen molar-refractivity contribution in [3.05, 3.63) is 0 Å². The van der Waals surface area contributed by atoms with Crippen LogP contribution in [0.4, 0.5) is 0 Å². The molecule has 2 N–H and O–H groups in total. The largest absolute Gasteiger partial charge is 0.371 e. The molecule has 0 saturated heterocycles. The first-order valence-electron chi connectivity index (χ1n) is 3.81. The van der Waals surface area contributed by atoms with Crippen molar-refractivity contribution in [1.82, 2.24) is 5.32 Å². The molecule has 3 heteroatoms. The van der Waals surface area contributed by atoms with Gasteiger partial charge in [0.05, 0.1) is 6.61 Å². The normalized spacial score (nSPS) is 10.2. The summed E-state index contributed by atoms with van der Waals surface area (Å²) < 4.78 is 4.71. The van der Waals surface area contributed by atoms with Gasteiger partial charge < -0.3 is 15.2 Å². The Kier molecular flexibility index (Phi) is 8.77. The third-order valence-electron chi connectivity index (χ3n) is 1.22. The van der Waals surface area contributed by atoms with E-state index in [2.05, 4.69) is 12.2 Å². The van der Waals surface area contributed by atoms with E-state index >= 15 is 0 Å². The molecular weight excluding hydrogens is 130 g/mol. The predicted molar refractivity (Wildman–Crippen MR) is 40.8 cm³/mol. The van der Waals surface area contributed by atoms with Gasteiger partial charge in [0.1, 0.15) is 6.79 Å². The SMILES string of the molecule is CCCCNCCOCO. The average molecular weight is 147 g/mol. The van der Waals surface area contributed by atoms with E-state index in [4.69, 9.17) is 9.84 Å². The van der Waals surface area contributed by atoms with E-state index in [1.54, 1.807) is 0 Å². The zero-order valence-electron chi connectivity index (χ0n) is 6.60. The Morgan fingerprint density at radius 1 is 1.40 bits per heavy atom. The molecule has 0 rings (SSSR count). The van der Waals surface area contributed by atoms with Crippen molar-refractivity contribution in [2.75, 3.05) is 26.5 Å². The Balaban J connectivity index is 2.65. The molecule has 0 radical (unpaired) electrons. The van der Waals surface area contributed by atoms with Crippen molar-refractivity contribution in [3.8, 4) is 0 Å². The lowest BCUT2D eigenvalue weighted by atomic mass is 10.3. The summed E-state index contributed by atoms with van der Waals surface area (Å²) in [6.45, 7) is 4.47. The second-order valence-corrected chi connectivity index (χ2v) is 2.14. The second kappa shape index (κ2) is 8.88. The lowest BCUT2D eigenvalue weighted by Crippen LogP contribution is -2.20. The first kappa shape index (κ1) is 9.88. The number of aliphatic hydroxyl groups excluding tert-OH is 1. The van der Waals surface area contributed by atoms with E-state index in [9.17, 15) is 0 Å². The van der Waals surface area contributed by atoms with Gasteiger partial charge in [-0.25, -0.2) is 0 Å². The fourth-order valence-electron chi connectivity index (χ4n) is 0.636. The molecule has 0 heterocycles. The van der Waals surface area contributed by atoms with E-state index < -0.39 is 0 Å². The third-order valence-corrected chi connectivity index (χ3v) is 1.22. The topological polar surface area (TPSA) is 41.5 Å². The van der Waals surface area contributed by atoms with Crippen LogP contribution in [0.5, 0.6) is 0 Å². The van der Waals surface area contributed by atoms with Crippen LogP contribution in [0.2, 0.25) is 0 Å². The molecule has 62 valence electrons. The first-order chi connectivity index (χ1) is 4.91. The van der Waals surface area contributed by atoms with Gasteiger partial charge in [0.25, 0.3) is 0 Å². The van der Waals surface area contributed by atoms with Gasteiger partial charge in [-0.1, -0.05) is 13.3 Å². The third kappa shape index (κ3) is 7.88. The standard InChI is InChI=1S/C7H17NO2/c1-2-3-4-8-5-6-10-7-9/h8-9H,2-7H2,1H3. The van der Waals surface area contributed by atoms with Crippen LogP contribution in [0.25, 0.3) is 0 Å². The van der Waals surface area contributed by atoms with E-state index in [1.807, 2.05) is 0 Å². The molecule has 0 fully saturated rings. The van der Waals surface area contributed by atoms with Crippen LogP contribution in [-0.2, 0) is 4.74 Å². The summed E-state index contributed by atoms with van der Waals surface area (Å²) in [6, 6.07) is 0. The lowest BCUT2D eigenvalue weighted by molar-refractivity contribution is 0.000449. The molecule has 0 spiro atoms. The highest BCUT2D eigenvalue weighted by atomic mass is 16.6. The number of unbranched alkanes of at least 4 members (excludes halogenated alkanes) is 1. The molecule has 0 unspecified atom stereocenters. The van der Waals surface area contributed by atoms with Gasteiger partial charge in [-0.05, 0) is 13.0 Å². The minimum Gasteiger partial charge on any atom is -0.371 e. The molecule has 0 aromatic carbocycles. The van der Waals surface area contributed by atoms with Crippen LogP contribution < -0.4 is 5.32 Å². The monoisotopic (exact) mass is 147 g/mol. The minimum absolute atomic E-state index is 0.171. The van der Waals surface area contributed by atoms with Gasteiger partial charge in [0.15, 0.2) is 0 Å². The second-order valence-electron chi connectivity index (χ2n) is 2.14. The highest BCUT2D eigenvalue weighted by Crippen LogP contribution is 1.81. The van der Waals surface area contributed by atoms with Crippen LogP contribution in [0.1, 0.15) is 19.8 Å². The molecule has 0 aromatic rings. The van der Waals surface area contributed by atoms with Crippen LogP contribution in [0, 0.1) is 0 Å². The van der Waals surface area contributed by atoms with Crippen LogP contribution in [-0.4, -0.2) is 31.6 Å². The number of ether oxygens (including phenoxy) is 1. The van der Waals surface area contributed by atoms with E-state index in [0.717, 1.165) is 13.1 Å². The lowest BCUT2D eigenvalue weighted by Gasteiger charge is -2.02. The Hall–Kier alpha value is -0.120. The molecule has 0 aromatic heterocycles. The van der Waals surface area contributed by atoms with Crippen molar-refractivity contribution in [2.24, 2.45) is 0 Å². The molecule has 3 nitrogen and oxygen atoms in total. The first-order valence-corrected chi connectivity index (χ1v) is 3.81. The highest BCUT2D eigenvalue weighted by molar-refractivity contribution is 4.44. The van der Waals surface area contributed by atoms with E-state index in [1.165, 1.54) is 12.8 Å². The van der Waals surface area contributed by atoms with E-state index in [0.29, 0.717) is 6.61 Å². The Labute approximate surface area is 62.4 Å². The van der Waals surface area contributed by atoms with Crippen molar-refractivity contribution in [2.45, 2.75) is 19.8 Å². The summed E-state index contributed by atoms with van der Waals surface area (Å²) in [7, 11) is 0. The number of nitrogens with one attached hydrogen (secondary N) is 1. The number of hydrogen-bond donors (Lipinski definition) is 2. The van der Waals surface area contributed by atoms with Crippen LogP contribution in [0.3, 0.4) is 0 Å². The Morgan fingerprint density at radius 2 is 2.20 bits per heavy atom. The fraction of sp³-hybridized carbons (Fsp3) is 1.00. The Bertz CT molecular complexity index is 51.6. The predicted octanol–water partition coefficient (Wildman–Crippen LogP) is 0.343. The maximum absolute atomic E-state index is 8.22. The van der Waals surface area contributed by atoms with Crippen molar-refractivity contribution >= 4 is 0 Å². The molecule has 0 aliphatic rings. The van der Waals surface area contributed by atoms with Gasteiger partial charge in [-0.15, -0.1) is 0 Å². The Morgan fingerprint density at radius 3 is 2.80 bits per heavy atom. The molecular formula is C7H17NO2. The molecule has 0 amide bonds. The van der Waals surface area contributed by atoms with Crippen LogP contribution in [0.15, 0.2) is 0 Å². The smallest absolute Gasteiger partial charge is 0.143 e. The van der Waals surface area contributed by atoms with Gasteiger partial charge in [0, 0.05) is 6.54 Å². The summed E-state index contributed by atoms with van der Waals surface area (Å²) >= 11 is 0. The molecule has 0 aliphatic heterocycles. The fourth-order valence-corrected chi connectivity index (χ4v) is 0.636. The summed E-state index contributed by atoms with van der Waals surface area (Å²) in [5.74, 6) is 0. The minimum atomic E-state index is -0.171. The van der Waals surface area contributed by atoms with E-state index in [-0.39, 0.29) is 6.79 Å². The maximum Gasteiger partial charge on any atom is 0.143 e. The quantitative estimate of drug-likeness (QED) is 0.403. The zero-order valence-corrected chi connectivity index (χ0v) is 6.60. The van der Waals surface area contributed by atoms with Crippen LogP contribution >= 0.6 is 0 Å². The molecule has 0 bridgehead atoms. The van der Waals surface area contributed by atoms with Gasteiger partial charge >= 0.3 is 0 Å². The summed E-state index contributed by atoms with van der Waals surface area (Å²) in [5.41, 5.74) is 0. The molecule has 0 aliphatic carbocycles. The van der Waals surface area contributed by atoms with Crippen molar-refractivity contribution in [3.63, 3.8) is 0 Å². The zero-order chi connectivity index (χ0) is 7.66. The number of hydrogen-bond acceptors (Lipinski definition) is 3. The summed E-state index contributed by atoms with van der Waals surface area (Å²) in [5, 5.41) is 11.4. The molecule has 0 atom stereocenters. The number of aliphatic hydroxyl groups is 1. The van der Waals surface area contributed by atoms with Gasteiger partial charge in [-0.3, -0.25) is 0 Å². The highest BCUT2D eigenvalue weighted by Gasteiger charge is 1.85. The van der Waals surface area contributed by atoms with Gasteiger partial charge in [-0.2, -0.15) is 0 Å². The maximum atomic E-state index is 8.22. The number of rotatable bonds is 7. The van der Waals surface area contributed by atoms with Crippen molar-refractivity contribution in [1.29, 1.82) is 0 Å². The van der Waals surface area contributed by atoms with Crippen molar-refractivity contribution < 1.29 is 9.84 Å². The molecule has 0 saturated carbocycles. The average Bonchev–Trinajstić information content (AvgIpc) is 1.97. The summed E-state index contributed by atoms with van der Waals surface area (Å²) in [6.07, 6.45) is 2.42.